The number of aromatic nitrogens is 3. The van der Waals surface area contributed by atoms with Crippen molar-refractivity contribution in [3.8, 4) is 5.95 Å². The summed E-state index contributed by atoms with van der Waals surface area (Å²) in [7, 11) is 0. The lowest BCUT2D eigenvalue weighted by Gasteiger charge is -2.06. The average Bonchev–Trinajstić information content (AvgIpc) is 3.32. The van der Waals surface area contributed by atoms with Gasteiger partial charge >= 0.3 is 35.4 Å². The van der Waals surface area contributed by atoms with Gasteiger partial charge in [0.05, 0.1) is 24.3 Å². The monoisotopic (exact) mass is 473 g/mol. The fourth-order valence-electron chi connectivity index (χ4n) is 2.74. The minimum Gasteiger partial charge on any atom is -0.461 e. The number of nitrogens with zero attached hydrogens (tertiary/aromatic N) is 3. The first-order valence-electron chi connectivity index (χ1n) is 9.96. The Morgan fingerprint density at radius 1 is 0.941 bits per heavy atom. The number of ether oxygens (including phenoxy) is 3. The summed E-state index contributed by atoms with van der Waals surface area (Å²) in [5.41, 5.74) is -2.11. The van der Waals surface area contributed by atoms with Crippen LogP contribution in [-0.2, 0) is 9.47 Å². The Labute approximate surface area is 191 Å². The van der Waals surface area contributed by atoms with E-state index in [0.29, 0.717) is 4.74 Å². The third-order valence-electron chi connectivity index (χ3n) is 4.40. The highest BCUT2D eigenvalue weighted by molar-refractivity contribution is 6.00. The number of esters is 3. The van der Waals surface area contributed by atoms with Crippen LogP contribution < -0.4 is 10.4 Å². The van der Waals surface area contributed by atoms with E-state index in [1.54, 1.807) is 13.8 Å². The van der Waals surface area contributed by atoms with E-state index in [2.05, 4.69) is 10.1 Å². The highest BCUT2D eigenvalue weighted by Crippen LogP contribution is 2.23. The smallest absolute Gasteiger partial charge is 0.364 e. The molecule has 0 aromatic carbocycles. The number of rotatable bonds is 7. The second-order valence-corrected chi connectivity index (χ2v) is 6.63. The van der Waals surface area contributed by atoms with E-state index in [-0.39, 0.29) is 47.4 Å². The van der Waals surface area contributed by atoms with Crippen LogP contribution in [0.2, 0.25) is 0 Å². The first kappa shape index (κ1) is 24.1. The molecule has 0 atom stereocenters. The van der Waals surface area contributed by atoms with Crippen molar-refractivity contribution in [3.63, 3.8) is 0 Å². The molecule has 0 aliphatic heterocycles. The highest BCUT2D eigenvalue weighted by Gasteiger charge is 2.28. The standard InChI is InChI=1S/C21H19N3O10/c1-5-30-19(28)14-10(3)21(33-23-14)32-18(27)13-9-7-8-12(22-13)16(25)24-15(20(29)31-6-2)11(4)17(26)34-24/h7-9H,5-6H2,1-4H3. The maximum atomic E-state index is 12.9. The zero-order valence-corrected chi connectivity index (χ0v) is 18.6. The highest BCUT2D eigenvalue weighted by atomic mass is 16.7. The lowest BCUT2D eigenvalue weighted by Crippen LogP contribution is -2.21. The second-order valence-electron chi connectivity index (χ2n) is 6.63. The number of hydrogen-bond donors (Lipinski definition) is 0. The van der Waals surface area contributed by atoms with Gasteiger partial charge in [0, 0.05) is 0 Å². The van der Waals surface area contributed by atoms with Crippen LogP contribution in [0.15, 0.2) is 32.0 Å². The zero-order valence-electron chi connectivity index (χ0n) is 18.6. The summed E-state index contributed by atoms with van der Waals surface area (Å²) in [6.45, 7) is 6.03. The lowest BCUT2D eigenvalue weighted by atomic mass is 10.2. The summed E-state index contributed by atoms with van der Waals surface area (Å²) < 4.78 is 25.0. The molecule has 0 amide bonds. The fourth-order valence-corrected chi connectivity index (χ4v) is 2.74. The molecule has 3 heterocycles. The second kappa shape index (κ2) is 9.94. The minimum atomic E-state index is -1.03. The van der Waals surface area contributed by atoms with E-state index >= 15 is 0 Å². The van der Waals surface area contributed by atoms with Crippen molar-refractivity contribution < 1.29 is 42.4 Å². The Hall–Kier alpha value is -4.55. The van der Waals surface area contributed by atoms with E-state index in [1.165, 1.54) is 32.0 Å². The van der Waals surface area contributed by atoms with E-state index in [0.717, 1.165) is 0 Å². The van der Waals surface area contributed by atoms with Gasteiger partial charge in [-0.25, -0.2) is 24.2 Å². The number of carbonyl (C=O) groups is 4. The van der Waals surface area contributed by atoms with E-state index in [9.17, 15) is 24.0 Å². The molecule has 0 bridgehead atoms. The third kappa shape index (κ3) is 4.62. The van der Waals surface area contributed by atoms with Crippen molar-refractivity contribution in [2.24, 2.45) is 0 Å². The van der Waals surface area contributed by atoms with Gasteiger partial charge in [0.1, 0.15) is 11.4 Å². The number of pyridine rings is 1. The molecule has 3 rings (SSSR count). The Balaban J connectivity index is 1.88. The molecule has 0 aliphatic carbocycles. The Kier molecular flexibility index (Phi) is 7.04. The molecule has 0 fully saturated rings. The molecule has 0 saturated carbocycles. The van der Waals surface area contributed by atoms with E-state index < -0.39 is 35.1 Å². The molecule has 13 nitrogen and oxygen atoms in total. The topological polar surface area (TPSA) is 170 Å². The Morgan fingerprint density at radius 2 is 1.59 bits per heavy atom. The molecule has 34 heavy (non-hydrogen) atoms. The van der Waals surface area contributed by atoms with Crippen LogP contribution in [0.25, 0.3) is 0 Å². The summed E-state index contributed by atoms with van der Waals surface area (Å²) in [5.74, 6) is -4.07. The van der Waals surface area contributed by atoms with Crippen LogP contribution in [0.1, 0.15) is 66.9 Å². The number of carbonyl (C=O) groups excluding carboxylic acids is 4. The number of hydrogen-bond acceptors (Lipinski definition) is 12. The molecule has 0 unspecified atom stereocenters. The fraction of sp³-hybridized carbons (Fsp3) is 0.286. The van der Waals surface area contributed by atoms with Gasteiger partial charge in [0.25, 0.3) is 0 Å². The van der Waals surface area contributed by atoms with Crippen LogP contribution in [0.4, 0.5) is 0 Å². The Morgan fingerprint density at radius 3 is 2.26 bits per heavy atom. The average molecular weight is 473 g/mol. The summed E-state index contributed by atoms with van der Waals surface area (Å²) in [6, 6.07) is 3.81. The molecule has 3 aromatic rings. The molecule has 0 spiro atoms. The first-order valence-corrected chi connectivity index (χ1v) is 9.96. The predicted octanol–water partition coefficient (Wildman–Crippen LogP) is 1.70. The molecule has 0 saturated heterocycles. The van der Waals surface area contributed by atoms with Gasteiger partial charge in [-0.15, -0.1) is 4.74 Å². The largest absolute Gasteiger partial charge is 0.461 e. The molecule has 0 radical (unpaired) electrons. The molecule has 3 aromatic heterocycles. The van der Waals surface area contributed by atoms with Crippen molar-refractivity contribution in [1.29, 1.82) is 0 Å². The van der Waals surface area contributed by atoms with Gasteiger partial charge in [-0.05, 0) is 39.8 Å². The zero-order chi connectivity index (χ0) is 25.0. The molecule has 0 aliphatic rings. The van der Waals surface area contributed by atoms with E-state index in [4.69, 9.17) is 23.3 Å². The van der Waals surface area contributed by atoms with Gasteiger partial charge in [-0.3, -0.25) is 4.79 Å². The molecule has 13 heteroatoms. The quantitative estimate of drug-likeness (QED) is 0.456. The summed E-state index contributed by atoms with van der Waals surface area (Å²) in [5, 5.41) is 3.53. The first-order chi connectivity index (χ1) is 16.2. The SMILES string of the molecule is CCOC(=O)c1noc(OC(=O)c2cccc(C(=O)n3oc(=O)c(C)c3C(=O)OCC)n2)c1C. The summed E-state index contributed by atoms with van der Waals surface area (Å²) >= 11 is 0. The molecular weight excluding hydrogens is 454 g/mol. The van der Waals surface area contributed by atoms with Gasteiger partial charge in [0.2, 0.25) is 0 Å². The van der Waals surface area contributed by atoms with Gasteiger partial charge in [0.15, 0.2) is 11.4 Å². The Bertz CT molecular complexity index is 1330. The van der Waals surface area contributed by atoms with Crippen molar-refractivity contribution in [1.82, 2.24) is 14.9 Å². The van der Waals surface area contributed by atoms with Gasteiger partial charge in [-0.2, -0.15) is 0 Å². The maximum Gasteiger partial charge on any atom is 0.364 e. The van der Waals surface area contributed by atoms with Crippen molar-refractivity contribution in [3.05, 3.63) is 62.5 Å². The minimum absolute atomic E-state index is 0.00431. The molecular formula is C21H19N3O10. The normalized spacial score (nSPS) is 10.6. The van der Waals surface area contributed by atoms with Crippen LogP contribution in [0, 0.1) is 13.8 Å². The summed E-state index contributed by atoms with van der Waals surface area (Å²) in [4.78, 5) is 65.3. The van der Waals surface area contributed by atoms with Crippen LogP contribution in [-0.4, -0.2) is 51.9 Å². The van der Waals surface area contributed by atoms with Crippen LogP contribution >= 0.6 is 0 Å². The van der Waals surface area contributed by atoms with Crippen LogP contribution in [0.3, 0.4) is 0 Å². The van der Waals surface area contributed by atoms with Crippen molar-refractivity contribution in [2.45, 2.75) is 27.7 Å². The summed E-state index contributed by atoms with van der Waals surface area (Å²) in [6.07, 6.45) is 0. The van der Waals surface area contributed by atoms with Crippen LogP contribution in [0.5, 0.6) is 5.95 Å². The lowest BCUT2D eigenvalue weighted by molar-refractivity contribution is 0.0484. The molecule has 0 N–H and O–H groups in total. The van der Waals surface area contributed by atoms with Crippen molar-refractivity contribution >= 4 is 23.8 Å². The third-order valence-corrected chi connectivity index (χ3v) is 4.40. The predicted molar refractivity (Wildman–Crippen MR) is 110 cm³/mol. The van der Waals surface area contributed by atoms with Crippen molar-refractivity contribution in [2.75, 3.05) is 13.2 Å². The van der Waals surface area contributed by atoms with Gasteiger partial charge < -0.3 is 23.3 Å². The van der Waals surface area contributed by atoms with E-state index in [1.807, 2.05) is 0 Å². The molecule has 178 valence electrons. The maximum absolute atomic E-state index is 12.9. The van der Waals surface area contributed by atoms with Gasteiger partial charge in [-0.1, -0.05) is 11.2 Å².